The maximum absolute atomic E-state index is 5.12. The van der Waals surface area contributed by atoms with E-state index in [0.717, 1.165) is 38.4 Å². The summed E-state index contributed by atoms with van der Waals surface area (Å²) in [5, 5.41) is 10.5. The van der Waals surface area contributed by atoms with Gasteiger partial charge in [0.2, 0.25) is 5.89 Å². The molecule has 27 heavy (non-hydrogen) atoms. The number of likely N-dealkylation sites (tertiary alicyclic amines) is 1. The Labute approximate surface area is 161 Å². The third-order valence-electron chi connectivity index (χ3n) is 4.74. The maximum atomic E-state index is 5.12. The molecule has 7 nitrogen and oxygen atoms in total. The largest absolute Gasteiger partial charge is 0.356 e. The lowest BCUT2D eigenvalue weighted by atomic mass is 10.1. The minimum Gasteiger partial charge on any atom is -0.356 e. The maximum Gasteiger partial charge on any atom is 0.226 e. The number of guanidine groups is 1. The van der Waals surface area contributed by atoms with Gasteiger partial charge >= 0.3 is 0 Å². The van der Waals surface area contributed by atoms with Crippen molar-refractivity contribution >= 4 is 5.96 Å². The summed E-state index contributed by atoms with van der Waals surface area (Å²) in [6.45, 7) is 6.92. The highest BCUT2D eigenvalue weighted by Crippen LogP contribution is 2.13. The molecule has 1 saturated heterocycles. The Bertz CT molecular complexity index is 718. The summed E-state index contributed by atoms with van der Waals surface area (Å²) in [5.74, 6) is 2.17. The molecule has 1 fully saturated rings. The van der Waals surface area contributed by atoms with Crippen LogP contribution in [0.5, 0.6) is 0 Å². The quantitative estimate of drug-likeness (QED) is 0.422. The van der Waals surface area contributed by atoms with Gasteiger partial charge in [-0.2, -0.15) is 4.98 Å². The predicted octanol–water partition coefficient (Wildman–Crippen LogP) is 2.27. The van der Waals surface area contributed by atoms with Gasteiger partial charge in [0.05, 0.1) is 0 Å². The predicted molar refractivity (Wildman–Crippen MR) is 107 cm³/mol. The van der Waals surface area contributed by atoms with Gasteiger partial charge in [-0.05, 0) is 50.4 Å². The zero-order chi connectivity index (χ0) is 18.9. The number of benzene rings is 1. The molecule has 0 unspecified atom stereocenters. The zero-order valence-corrected chi connectivity index (χ0v) is 16.4. The minimum atomic E-state index is 0.682. The van der Waals surface area contributed by atoms with E-state index in [1.807, 2.05) is 6.92 Å². The Morgan fingerprint density at radius 3 is 2.56 bits per heavy atom. The molecule has 0 bridgehead atoms. The smallest absolute Gasteiger partial charge is 0.226 e. The van der Waals surface area contributed by atoms with Gasteiger partial charge in [0, 0.05) is 33.1 Å². The van der Waals surface area contributed by atoms with Crippen molar-refractivity contribution in [3.05, 3.63) is 47.1 Å². The highest BCUT2D eigenvalue weighted by Gasteiger charge is 2.11. The minimum absolute atomic E-state index is 0.682. The summed E-state index contributed by atoms with van der Waals surface area (Å²) in [7, 11) is 1.79. The highest BCUT2D eigenvalue weighted by atomic mass is 16.5. The van der Waals surface area contributed by atoms with Crippen molar-refractivity contribution in [2.24, 2.45) is 4.99 Å². The molecular weight excluding hydrogens is 340 g/mol. The van der Waals surface area contributed by atoms with Gasteiger partial charge in [-0.1, -0.05) is 29.4 Å². The second-order valence-electron chi connectivity index (χ2n) is 6.99. The fourth-order valence-electron chi connectivity index (χ4n) is 3.26. The monoisotopic (exact) mass is 370 g/mol. The van der Waals surface area contributed by atoms with Crippen LogP contribution < -0.4 is 10.6 Å². The Morgan fingerprint density at radius 1 is 1.15 bits per heavy atom. The normalized spacial score (nSPS) is 15.3. The van der Waals surface area contributed by atoms with Gasteiger partial charge in [-0.25, -0.2) is 0 Å². The summed E-state index contributed by atoms with van der Waals surface area (Å²) in [6, 6.07) is 8.86. The van der Waals surface area contributed by atoms with Crippen molar-refractivity contribution in [2.75, 3.05) is 26.7 Å². The molecule has 2 aromatic rings. The lowest BCUT2D eigenvalue weighted by Crippen LogP contribution is -2.37. The van der Waals surface area contributed by atoms with E-state index in [1.165, 1.54) is 37.1 Å². The van der Waals surface area contributed by atoms with Crippen LogP contribution in [0.4, 0.5) is 0 Å². The molecular formula is C20H30N6O. The first-order valence-corrected chi connectivity index (χ1v) is 9.77. The lowest BCUT2D eigenvalue weighted by molar-refractivity contribution is 0.331. The average molecular weight is 371 g/mol. The molecule has 1 aromatic carbocycles. The van der Waals surface area contributed by atoms with Gasteiger partial charge in [-0.15, -0.1) is 0 Å². The van der Waals surface area contributed by atoms with Crippen LogP contribution in [-0.4, -0.2) is 47.7 Å². The van der Waals surface area contributed by atoms with E-state index in [0.29, 0.717) is 11.7 Å². The molecule has 1 aliphatic rings. The number of nitrogens with one attached hydrogen (secondary N) is 2. The van der Waals surface area contributed by atoms with E-state index in [-0.39, 0.29) is 0 Å². The van der Waals surface area contributed by atoms with Crippen molar-refractivity contribution in [1.29, 1.82) is 0 Å². The summed E-state index contributed by atoms with van der Waals surface area (Å²) in [5.41, 5.74) is 2.64. The van der Waals surface area contributed by atoms with Crippen molar-refractivity contribution in [2.45, 2.75) is 45.7 Å². The summed E-state index contributed by atoms with van der Waals surface area (Å²) in [4.78, 5) is 11.0. The first kappa shape index (κ1) is 19.4. The van der Waals surface area contributed by atoms with Gasteiger partial charge in [0.25, 0.3) is 0 Å². The molecule has 0 radical (unpaired) electrons. The van der Waals surface area contributed by atoms with E-state index >= 15 is 0 Å². The molecule has 0 atom stereocenters. The second kappa shape index (κ2) is 10.1. The second-order valence-corrected chi connectivity index (χ2v) is 6.99. The first-order valence-electron chi connectivity index (χ1n) is 9.77. The van der Waals surface area contributed by atoms with Crippen LogP contribution in [-0.2, 0) is 19.5 Å². The number of hydrogen-bond acceptors (Lipinski definition) is 5. The number of aryl methyl sites for hydroxylation is 2. The van der Waals surface area contributed by atoms with Crippen LogP contribution >= 0.6 is 0 Å². The van der Waals surface area contributed by atoms with Crippen molar-refractivity contribution in [1.82, 2.24) is 25.7 Å². The van der Waals surface area contributed by atoms with Crippen LogP contribution in [0.1, 0.15) is 42.1 Å². The van der Waals surface area contributed by atoms with Crippen LogP contribution in [0.15, 0.2) is 33.8 Å². The van der Waals surface area contributed by atoms with Gasteiger partial charge in [-0.3, -0.25) is 9.89 Å². The number of aromatic nitrogens is 2. The lowest BCUT2D eigenvalue weighted by Gasteiger charge is -2.15. The van der Waals surface area contributed by atoms with Gasteiger partial charge in [0.15, 0.2) is 11.8 Å². The molecule has 0 amide bonds. The molecule has 1 aromatic heterocycles. The van der Waals surface area contributed by atoms with Crippen molar-refractivity contribution < 1.29 is 4.52 Å². The molecule has 0 saturated carbocycles. The van der Waals surface area contributed by atoms with Crippen LogP contribution in [0.2, 0.25) is 0 Å². The highest BCUT2D eigenvalue weighted by molar-refractivity contribution is 5.79. The third-order valence-corrected chi connectivity index (χ3v) is 4.74. The number of rotatable bonds is 8. The SMILES string of the molecule is CN=C(NCCCc1nc(C)no1)NCc1ccc(CN2CCCC2)cc1. The van der Waals surface area contributed by atoms with E-state index in [4.69, 9.17) is 4.52 Å². The Morgan fingerprint density at radius 2 is 1.89 bits per heavy atom. The Hall–Kier alpha value is -2.41. The molecule has 2 heterocycles. The van der Waals surface area contributed by atoms with Crippen LogP contribution in [0, 0.1) is 6.92 Å². The van der Waals surface area contributed by atoms with E-state index in [1.54, 1.807) is 7.05 Å². The number of aliphatic imine (C=N–C) groups is 1. The number of nitrogens with zero attached hydrogens (tertiary/aromatic N) is 4. The molecule has 0 spiro atoms. The topological polar surface area (TPSA) is 78.6 Å². The molecule has 7 heteroatoms. The van der Waals surface area contributed by atoms with E-state index < -0.39 is 0 Å². The van der Waals surface area contributed by atoms with Crippen molar-refractivity contribution in [3.8, 4) is 0 Å². The van der Waals surface area contributed by atoms with E-state index in [9.17, 15) is 0 Å². The Kier molecular flexibility index (Phi) is 7.21. The number of hydrogen-bond donors (Lipinski definition) is 2. The van der Waals surface area contributed by atoms with Crippen molar-refractivity contribution in [3.63, 3.8) is 0 Å². The fraction of sp³-hybridized carbons (Fsp3) is 0.550. The van der Waals surface area contributed by atoms with E-state index in [2.05, 4.69) is 54.9 Å². The van der Waals surface area contributed by atoms with Crippen LogP contribution in [0.3, 0.4) is 0 Å². The fourth-order valence-corrected chi connectivity index (χ4v) is 3.26. The molecule has 146 valence electrons. The standard InChI is InChI=1S/C20H30N6O/c1-16-24-19(27-25-16)6-5-11-22-20(21-2)23-14-17-7-9-18(10-8-17)15-26-12-3-4-13-26/h7-10H,3-6,11-15H2,1-2H3,(H2,21,22,23). The summed E-state index contributed by atoms with van der Waals surface area (Å²) >= 11 is 0. The summed E-state index contributed by atoms with van der Waals surface area (Å²) < 4.78 is 5.12. The van der Waals surface area contributed by atoms with Gasteiger partial charge in [0.1, 0.15) is 0 Å². The molecule has 3 rings (SSSR count). The summed E-state index contributed by atoms with van der Waals surface area (Å²) in [6.07, 6.45) is 4.35. The Balaban J connectivity index is 1.35. The zero-order valence-electron chi connectivity index (χ0n) is 16.4. The molecule has 2 N–H and O–H groups in total. The average Bonchev–Trinajstić information content (AvgIpc) is 3.34. The van der Waals surface area contributed by atoms with Gasteiger partial charge < -0.3 is 15.2 Å². The molecule has 1 aliphatic heterocycles. The third kappa shape index (κ3) is 6.36. The first-order chi connectivity index (χ1) is 13.2. The molecule has 0 aliphatic carbocycles. The van der Waals surface area contributed by atoms with Crippen LogP contribution in [0.25, 0.3) is 0 Å².